The van der Waals surface area contributed by atoms with E-state index in [9.17, 15) is 46.6 Å². The lowest BCUT2D eigenvalue weighted by Crippen LogP contribution is -2.18. The number of hydrogen-bond donors (Lipinski definition) is 8. The van der Waals surface area contributed by atoms with Crippen LogP contribution in [0, 0.1) is 5.41 Å². The molecule has 0 atom stereocenters. The number of phenols is 2. The second kappa shape index (κ2) is 12.7. The quantitative estimate of drug-likeness (QED) is 0.0598. The van der Waals surface area contributed by atoms with Crippen LogP contribution in [-0.2, 0) is 20.2 Å². The van der Waals surface area contributed by atoms with Crippen LogP contribution < -0.4 is 5.73 Å². The van der Waals surface area contributed by atoms with Crippen LogP contribution in [0.5, 0.6) is 11.5 Å². The fourth-order valence-corrected chi connectivity index (χ4v) is 6.25. The lowest BCUT2D eigenvalue weighted by Gasteiger charge is -2.15. The molecule has 0 saturated carbocycles. The summed E-state index contributed by atoms with van der Waals surface area (Å²) >= 11 is 0. The van der Waals surface area contributed by atoms with E-state index in [1.54, 1.807) is 12.2 Å². The molecule has 0 unspecified atom stereocenters. The van der Waals surface area contributed by atoms with Gasteiger partial charge in [-0.15, -0.1) is 10.2 Å². The number of benzene rings is 3. The molecule has 17 nitrogen and oxygen atoms in total. The second-order valence-electron chi connectivity index (χ2n) is 10.9. The Labute approximate surface area is 288 Å². The molecule has 0 bridgehead atoms. The topological polar surface area (TPSA) is 292 Å². The van der Waals surface area contributed by atoms with E-state index in [-0.39, 0.29) is 66.7 Å². The SMILES string of the molecule is N=C1C=Cc2c(O)cc(S(=O)(=O)O)cc2C1=NN=C1C=CC(=C2C=CC(N=Nc3c(N)ccc4c(O)cc(S(=O)(=O)O)cc34)=CC2=[N+](O)O)C=C1. The smallest absolute Gasteiger partial charge is 0.321 e. The Bertz CT molecular complexity index is 2620. The van der Waals surface area contributed by atoms with Gasteiger partial charge in [0.05, 0.1) is 38.2 Å². The predicted octanol–water partition coefficient (Wildman–Crippen LogP) is 4.41. The highest BCUT2D eigenvalue weighted by Gasteiger charge is 2.26. The highest BCUT2D eigenvalue weighted by molar-refractivity contribution is 7.86. The standard InChI is InChI=1S/C32H23N7O10S2/c33-26-9-7-22-24(12-19(14-29(22)40)50(44,45)46)31(26)37-35-17-3-1-16(2-4-17)21-6-5-18(11-28(21)39(42)43)36-38-32-25-13-20(51(47,48)49)15-30(41)23(25)8-10-27(32)34/h1-15,42-43H,(H6,33,34,40,41,44,45,46,47,48,49)/p+1. The molecule has 0 saturated heterocycles. The molecule has 3 aromatic carbocycles. The molecule has 51 heavy (non-hydrogen) atoms. The fraction of sp³-hybridized carbons (Fsp3) is 0. The molecule has 6 rings (SSSR count). The average Bonchev–Trinajstić information content (AvgIpc) is 3.06. The number of nitrogens with one attached hydrogen (secondary N) is 1. The third-order valence-corrected chi connectivity index (χ3v) is 9.31. The van der Waals surface area contributed by atoms with E-state index >= 15 is 0 Å². The maximum atomic E-state index is 11.7. The fourth-order valence-electron chi connectivity index (χ4n) is 5.20. The number of anilines is 1. The molecule has 0 aromatic heterocycles. The number of nitrogens with two attached hydrogens (primary N) is 1. The largest absolute Gasteiger partial charge is 0.507 e. The molecule has 19 heteroatoms. The number of rotatable bonds is 5. The van der Waals surface area contributed by atoms with Crippen molar-refractivity contribution in [2.24, 2.45) is 20.4 Å². The minimum absolute atomic E-state index is 0.0229. The number of aromatic hydroxyl groups is 2. The zero-order valence-corrected chi connectivity index (χ0v) is 27.2. The summed E-state index contributed by atoms with van der Waals surface area (Å²) in [6.07, 6.45) is 13.3. The summed E-state index contributed by atoms with van der Waals surface area (Å²) in [4.78, 5) is -1.30. The Hall–Kier alpha value is -6.54. The van der Waals surface area contributed by atoms with Crippen molar-refractivity contribution in [1.29, 1.82) is 5.41 Å². The van der Waals surface area contributed by atoms with Gasteiger partial charge >= 0.3 is 5.71 Å². The number of fused-ring (bicyclic) bond motifs is 2. The average molecular weight is 731 g/mol. The van der Waals surface area contributed by atoms with Gasteiger partial charge in [0.1, 0.15) is 22.9 Å². The Balaban J connectivity index is 1.29. The van der Waals surface area contributed by atoms with E-state index in [1.807, 2.05) is 0 Å². The first-order valence-electron chi connectivity index (χ1n) is 14.3. The Morgan fingerprint density at radius 1 is 0.725 bits per heavy atom. The first kappa shape index (κ1) is 34.3. The van der Waals surface area contributed by atoms with Gasteiger partial charge in [0.15, 0.2) is 0 Å². The van der Waals surface area contributed by atoms with Crippen molar-refractivity contribution in [3.63, 3.8) is 0 Å². The number of nitrogen functional groups attached to an aromatic ring is 1. The van der Waals surface area contributed by atoms with Gasteiger partial charge in [-0.05, 0) is 66.3 Å². The summed E-state index contributed by atoms with van der Waals surface area (Å²) in [6.45, 7) is 0. The maximum Gasteiger partial charge on any atom is 0.321 e. The minimum atomic E-state index is -4.68. The lowest BCUT2D eigenvalue weighted by molar-refractivity contribution is -0.954. The molecule has 0 radical (unpaired) electrons. The molecular weight excluding hydrogens is 707 g/mol. The van der Waals surface area contributed by atoms with Gasteiger partial charge in [-0.25, -0.2) is 10.4 Å². The zero-order chi connectivity index (χ0) is 36.8. The van der Waals surface area contributed by atoms with Crippen molar-refractivity contribution >= 4 is 71.3 Å². The normalized spacial score (nSPS) is 16.8. The van der Waals surface area contributed by atoms with Crippen LogP contribution >= 0.6 is 0 Å². The van der Waals surface area contributed by atoms with Crippen molar-refractivity contribution in [3.05, 3.63) is 113 Å². The maximum absolute atomic E-state index is 11.7. The monoisotopic (exact) mass is 730 g/mol. The van der Waals surface area contributed by atoms with Crippen molar-refractivity contribution in [2.45, 2.75) is 9.79 Å². The number of azo groups is 1. The van der Waals surface area contributed by atoms with Gasteiger partial charge in [-0.2, -0.15) is 27.1 Å². The lowest BCUT2D eigenvalue weighted by atomic mass is 9.93. The summed E-state index contributed by atoms with van der Waals surface area (Å²) < 4.78 is 65.8. The first-order valence-corrected chi connectivity index (χ1v) is 17.2. The molecular formula is C32H24N7O10S2+. The van der Waals surface area contributed by atoms with E-state index in [1.165, 1.54) is 54.7 Å². The summed E-state index contributed by atoms with van der Waals surface area (Å²) in [5.41, 5.74) is 7.25. The van der Waals surface area contributed by atoms with Crippen LogP contribution in [0.2, 0.25) is 0 Å². The number of hydrogen-bond acceptors (Lipinski definition) is 14. The van der Waals surface area contributed by atoms with Gasteiger partial charge < -0.3 is 15.9 Å². The van der Waals surface area contributed by atoms with Crippen molar-refractivity contribution in [2.75, 3.05) is 5.73 Å². The van der Waals surface area contributed by atoms with Crippen molar-refractivity contribution in [1.82, 2.24) is 0 Å². The Kier molecular flexibility index (Phi) is 8.57. The van der Waals surface area contributed by atoms with Gasteiger partial charge in [0.25, 0.3) is 20.2 Å². The predicted molar refractivity (Wildman–Crippen MR) is 184 cm³/mol. The van der Waals surface area contributed by atoms with E-state index in [2.05, 4.69) is 20.4 Å². The molecule has 9 N–H and O–H groups in total. The molecule has 3 aliphatic rings. The van der Waals surface area contributed by atoms with Crippen molar-refractivity contribution < 1.29 is 51.5 Å². The highest BCUT2D eigenvalue weighted by atomic mass is 32.2. The van der Waals surface area contributed by atoms with E-state index in [4.69, 9.17) is 11.1 Å². The van der Waals surface area contributed by atoms with Crippen LogP contribution in [0.15, 0.2) is 132 Å². The third-order valence-electron chi connectivity index (χ3n) is 7.65. The van der Waals surface area contributed by atoms with Crippen LogP contribution in [-0.4, -0.2) is 74.3 Å². The molecule has 0 heterocycles. The molecule has 0 aliphatic heterocycles. The van der Waals surface area contributed by atoms with Gasteiger partial charge in [0, 0.05) is 40.1 Å². The molecule has 3 aliphatic carbocycles. The highest BCUT2D eigenvalue weighted by Crippen LogP contribution is 2.39. The van der Waals surface area contributed by atoms with Gasteiger partial charge in [-0.1, -0.05) is 12.2 Å². The van der Waals surface area contributed by atoms with Crippen LogP contribution in [0.4, 0.5) is 11.4 Å². The third kappa shape index (κ3) is 6.85. The van der Waals surface area contributed by atoms with E-state index < -0.39 is 41.5 Å². The van der Waals surface area contributed by atoms with Crippen LogP contribution in [0.3, 0.4) is 0 Å². The van der Waals surface area contributed by atoms with E-state index in [0.717, 1.165) is 24.3 Å². The van der Waals surface area contributed by atoms with Crippen molar-refractivity contribution in [3.8, 4) is 11.5 Å². The minimum Gasteiger partial charge on any atom is -0.507 e. The Morgan fingerprint density at radius 2 is 1.39 bits per heavy atom. The molecule has 0 fully saturated rings. The second-order valence-corrected chi connectivity index (χ2v) is 13.8. The summed E-state index contributed by atoms with van der Waals surface area (Å²) in [7, 11) is -9.36. The number of phenolic OH excluding ortho intramolecular Hbond substituents is 2. The summed E-state index contributed by atoms with van der Waals surface area (Å²) in [5, 5.41) is 65.7. The van der Waals surface area contributed by atoms with Crippen LogP contribution in [0.1, 0.15) is 11.1 Å². The van der Waals surface area contributed by atoms with E-state index in [0.29, 0.717) is 11.1 Å². The van der Waals surface area contributed by atoms with Crippen LogP contribution in [0.25, 0.3) is 16.8 Å². The molecule has 3 aromatic rings. The number of allylic oxidation sites excluding steroid dienone is 10. The molecule has 0 amide bonds. The first-order chi connectivity index (χ1) is 24.0. The summed E-state index contributed by atoms with van der Waals surface area (Å²) in [5.74, 6) is -0.894. The van der Waals surface area contributed by atoms with Gasteiger partial charge in [-0.3, -0.25) is 14.5 Å². The Morgan fingerprint density at radius 3 is 2.06 bits per heavy atom. The molecule has 0 spiro atoms. The van der Waals surface area contributed by atoms with Gasteiger partial charge in [0.2, 0.25) is 4.90 Å². The number of nitrogens with zero attached hydrogens (tertiary/aromatic N) is 5. The summed E-state index contributed by atoms with van der Waals surface area (Å²) in [6, 6.07) is 6.76. The zero-order valence-electron chi connectivity index (χ0n) is 25.6. The molecule has 258 valence electrons.